The monoisotopic (exact) mass is 912 g/mol. The number of aliphatic imine (C=N–C) groups is 2. The van der Waals surface area contributed by atoms with Gasteiger partial charge in [-0.25, -0.2) is 9.98 Å². The highest BCUT2D eigenvalue weighted by molar-refractivity contribution is 6.24. The van der Waals surface area contributed by atoms with Gasteiger partial charge in [-0.05, 0) is 108 Å². The normalized spacial score (nSPS) is 17.3. The Labute approximate surface area is 412 Å². The van der Waals surface area contributed by atoms with Gasteiger partial charge in [0.05, 0.1) is 28.0 Å². The zero-order valence-corrected chi connectivity index (χ0v) is 39.3. The Hall–Kier alpha value is -8.80. The first kappa shape index (κ1) is 41.2. The standard InChI is InChI=1S/C66H48N4O/c1-42-37-57(43-17-6-2-7-18-43)67-66(68-65(42)44-19-8-3-9-20-44)52-26-16-28-61-64(52)56-41-46(30-34-60(56)70(61)50-23-12-5-13-24-50)48-32-36-63-55(40-48)54-39-47(31-35-62(54)71-63)45-29-33-59-53(38-45)51-25-14-15-27-58(51)69(59)49-21-10-4-11-22-49/h2-28,30-36,38-39,41,45,55H,29,37,40H2,1H3. The summed E-state index contributed by atoms with van der Waals surface area (Å²) < 4.78 is 11.4. The fraction of sp³-hybridized carbons (Fsp3) is 0.0909. The van der Waals surface area contributed by atoms with Crippen LogP contribution in [0.2, 0.25) is 0 Å². The van der Waals surface area contributed by atoms with Gasteiger partial charge in [-0.1, -0.05) is 164 Å². The van der Waals surface area contributed by atoms with Crippen LogP contribution in [0.3, 0.4) is 0 Å². The maximum absolute atomic E-state index is 6.63. The highest BCUT2D eigenvalue weighted by atomic mass is 16.5. The van der Waals surface area contributed by atoms with Crippen molar-refractivity contribution in [3.8, 4) is 17.1 Å². The molecule has 14 rings (SSSR count). The molecule has 0 bridgehead atoms. The average molecular weight is 913 g/mol. The van der Waals surface area contributed by atoms with Crippen molar-refractivity contribution in [3.63, 3.8) is 0 Å². The van der Waals surface area contributed by atoms with Crippen molar-refractivity contribution in [2.24, 2.45) is 9.98 Å². The van der Waals surface area contributed by atoms with Crippen molar-refractivity contribution in [2.75, 3.05) is 0 Å². The number of nitrogens with zero attached hydrogens (tertiary/aromatic N) is 4. The second-order valence-corrected chi connectivity index (χ2v) is 19.3. The fourth-order valence-corrected chi connectivity index (χ4v) is 11.7. The number of ether oxygens (including phenoxy) is 1. The number of amidine groups is 1. The fourth-order valence-electron chi connectivity index (χ4n) is 11.7. The molecule has 0 spiro atoms. The molecule has 10 aromatic rings. The van der Waals surface area contributed by atoms with E-state index in [1.807, 2.05) is 0 Å². The lowest BCUT2D eigenvalue weighted by atomic mass is 9.83. The van der Waals surface area contributed by atoms with Gasteiger partial charge in [0.15, 0.2) is 5.84 Å². The number of fused-ring (bicyclic) bond motifs is 9. The van der Waals surface area contributed by atoms with Gasteiger partial charge in [0.1, 0.15) is 11.5 Å². The Morgan fingerprint density at radius 2 is 1.25 bits per heavy atom. The highest BCUT2D eigenvalue weighted by Gasteiger charge is 2.34. The van der Waals surface area contributed by atoms with Gasteiger partial charge in [0, 0.05) is 73.0 Å². The Bertz CT molecular complexity index is 4090. The molecule has 2 atom stereocenters. The molecule has 0 fully saturated rings. The van der Waals surface area contributed by atoms with Crippen LogP contribution in [0.15, 0.2) is 234 Å². The lowest BCUT2D eigenvalue weighted by Gasteiger charge is -2.20. The first-order chi connectivity index (χ1) is 35.1. The van der Waals surface area contributed by atoms with Crippen molar-refractivity contribution in [2.45, 2.75) is 38.0 Å². The molecule has 2 aromatic heterocycles. The molecule has 0 saturated heterocycles. The number of hydrogen-bond donors (Lipinski definition) is 0. The average Bonchev–Trinajstić information content (AvgIpc) is 4.05. The van der Waals surface area contributed by atoms with Gasteiger partial charge in [0.25, 0.3) is 0 Å². The Balaban J connectivity index is 0.868. The minimum absolute atomic E-state index is 0.127. The van der Waals surface area contributed by atoms with E-state index in [9.17, 15) is 0 Å². The van der Waals surface area contributed by atoms with Crippen LogP contribution in [0.1, 0.15) is 71.4 Å². The Morgan fingerprint density at radius 3 is 2.04 bits per heavy atom. The van der Waals surface area contributed by atoms with Crippen LogP contribution in [0.4, 0.5) is 0 Å². The molecule has 2 unspecified atom stereocenters. The van der Waals surface area contributed by atoms with Crippen LogP contribution in [-0.2, 0) is 0 Å². The quantitative estimate of drug-likeness (QED) is 0.157. The van der Waals surface area contributed by atoms with Gasteiger partial charge in [-0.15, -0.1) is 0 Å². The van der Waals surface area contributed by atoms with E-state index in [4.69, 9.17) is 14.7 Å². The molecule has 4 aliphatic rings. The summed E-state index contributed by atoms with van der Waals surface area (Å²) in [6.07, 6.45) is 11.9. The molecule has 5 heteroatoms. The van der Waals surface area contributed by atoms with Gasteiger partial charge in [0.2, 0.25) is 0 Å². The predicted octanol–water partition coefficient (Wildman–Crippen LogP) is 14.4. The molecule has 5 nitrogen and oxygen atoms in total. The summed E-state index contributed by atoms with van der Waals surface area (Å²) in [6, 6.07) is 71.9. The number of rotatable bonds is 7. The molecular weight excluding hydrogens is 865 g/mol. The predicted molar refractivity (Wildman–Crippen MR) is 293 cm³/mol. The zero-order chi connectivity index (χ0) is 47.0. The Kier molecular flexibility index (Phi) is 9.70. The van der Waals surface area contributed by atoms with Gasteiger partial charge in [-0.3, -0.25) is 0 Å². The molecule has 0 N–H and O–H groups in total. The van der Waals surface area contributed by atoms with E-state index in [2.05, 4.69) is 241 Å². The van der Waals surface area contributed by atoms with Crippen LogP contribution >= 0.6 is 0 Å². The van der Waals surface area contributed by atoms with E-state index in [1.54, 1.807) is 0 Å². The van der Waals surface area contributed by atoms with E-state index in [-0.39, 0.29) is 11.8 Å². The van der Waals surface area contributed by atoms with Gasteiger partial charge in [-0.2, -0.15) is 0 Å². The molecule has 4 heterocycles. The second kappa shape index (κ2) is 16.7. The third kappa shape index (κ3) is 6.91. The summed E-state index contributed by atoms with van der Waals surface area (Å²) in [7, 11) is 0. The van der Waals surface area contributed by atoms with Crippen molar-refractivity contribution >= 4 is 67.7 Å². The maximum Gasteiger partial charge on any atom is 0.160 e. The minimum atomic E-state index is 0.127. The zero-order valence-electron chi connectivity index (χ0n) is 39.3. The number of allylic oxidation sites excluding steroid dienone is 5. The topological polar surface area (TPSA) is 43.8 Å². The molecule has 8 aromatic carbocycles. The molecule has 2 aliphatic carbocycles. The molecule has 0 amide bonds. The first-order valence-electron chi connectivity index (χ1n) is 24.8. The number of para-hydroxylation sites is 3. The summed E-state index contributed by atoms with van der Waals surface area (Å²) in [4.78, 5) is 11.0. The molecule has 0 radical (unpaired) electrons. The molecular formula is C66H48N4O. The summed E-state index contributed by atoms with van der Waals surface area (Å²) in [5, 5.41) is 6.18. The minimum Gasteiger partial charge on any atom is -0.461 e. The van der Waals surface area contributed by atoms with Crippen LogP contribution in [-0.4, -0.2) is 20.7 Å². The van der Waals surface area contributed by atoms with Crippen LogP contribution in [0, 0.1) is 0 Å². The summed E-state index contributed by atoms with van der Waals surface area (Å²) in [5.74, 6) is 3.08. The number of hydrogen-bond acceptors (Lipinski definition) is 3. The van der Waals surface area contributed by atoms with E-state index >= 15 is 0 Å². The van der Waals surface area contributed by atoms with Crippen LogP contribution in [0.5, 0.6) is 5.75 Å². The SMILES string of the molecule is CC1=C(c2ccccc2)N=C(c2cccc3c2c2cc(C4=CC=C5Oc6ccc(C7C=c8c(n(-c9ccccc9)c9ccccc89)=CC7)cc6C5C4)ccc2n3-c2ccccc2)N=C(c2ccccc2)C1. The summed E-state index contributed by atoms with van der Waals surface area (Å²) in [5.41, 5.74) is 17.3. The lowest BCUT2D eigenvalue weighted by molar-refractivity contribution is 0.426. The van der Waals surface area contributed by atoms with Crippen molar-refractivity contribution in [1.82, 2.24) is 9.13 Å². The second-order valence-electron chi connectivity index (χ2n) is 19.3. The molecule has 71 heavy (non-hydrogen) atoms. The molecule has 2 aliphatic heterocycles. The lowest BCUT2D eigenvalue weighted by Crippen LogP contribution is -2.31. The van der Waals surface area contributed by atoms with E-state index in [0.717, 1.165) is 74.6 Å². The van der Waals surface area contributed by atoms with Gasteiger partial charge >= 0.3 is 0 Å². The van der Waals surface area contributed by atoms with Crippen molar-refractivity contribution < 1.29 is 4.74 Å². The largest absolute Gasteiger partial charge is 0.461 e. The van der Waals surface area contributed by atoms with Gasteiger partial charge < -0.3 is 13.9 Å². The maximum atomic E-state index is 6.63. The summed E-state index contributed by atoms with van der Waals surface area (Å²) in [6.45, 7) is 2.20. The Morgan fingerprint density at radius 1 is 0.563 bits per heavy atom. The highest BCUT2D eigenvalue weighted by Crippen LogP contribution is 2.49. The molecule has 338 valence electrons. The summed E-state index contributed by atoms with van der Waals surface area (Å²) >= 11 is 0. The smallest absolute Gasteiger partial charge is 0.160 e. The van der Waals surface area contributed by atoms with E-state index in [1.165, 1.54) is 60.4 Å². The van der Waals surface area contributed by atoms with Crippen LogP contribution < -0.4 is 15.3 Å². The number of benzene rings is 8. The third-order valence-corrected chi connectivity index (χ3v) is 15.0. The van der Waals surface area contributed by atoms with E-state index < -0.39 is 0 Å². The number of aromatic nitrogens is 2. The van der Waals surface area contributed by atoms with E-state index in [0.29, 0.717) is 12.3 Å². The third-order valence-electron chi connectivity index (χ3n) is 15.0. The van der Waals surface area contributed by atoms with Crippen molar-refractivity contribution in [3.05, 3.63) is 268 Å². The molecule has 0 saturated carbocycles. The first-order valence-corrected chi connectivity index (χ1v) is 24.8. The van der Waals surface area contributed by atoms with Crippen molar-refractivity contribution in [1.29, 1.82) is 0 Å². The van der Waals surface area contributed by atoms with Crippen LogP contribution in [0.25, 0.3) is 67.5 Å².